The summed E-state index contributed by atoms with van der Waals surface area (Å²) in [7, 11) is 1.32. The first kappa shape index (κ1) is 17.9. The van der Waals surface area contributed by atoms with Gasteiger partial charge in [0, 0.05) is 5.69 Å². The Morgan fingerprint density at radius 1 is 1.15 bits per heavy atom. The summed E-state index contributed by atoms with van der Waals surface area (Å²) in [4.78, 5) is 32.9. The van der Waals surface area contributed by atoms with E-state index < -0.39 is 5.97 Å². The van der Waals surface area contributed by atoms with Crippen molar-refractivity contribution in [1.82, 2.24) is 9.97 Å². The van der Waals surface area contributed by atoms with Crippen molar-refractivity contribution >= 4 is 28.3 Å². The molecule has 7 heteroatoms. The number of rotatable bonds is 4. The van der Waals surface area contributed by atoms with Crippen LogP contribution in [-0.4, -0.2) is 29.0 Å². The molecule has 6 nitrogen and oxygen atoms in total. The van der Waals surface area contributed by atoms with Gasteiger partial charge in [0.15, 0.2) is 5.13 Å². The van der Waals surface area contributed by atoms with E-state index in [1.165, 1.54) is 18.4 Å². The Bertz CT molecular complexity index is 974. The van der Waals surface area contributed by atoms with E-state index in [1.807, 2.05) is 37.3 Å². The number of aryl methyl sites for hydroxylation is 2. The Morgan fingerprint density at radius 3 is 2.50 bits per heavy atom. The summed E-state index contributed by atoms with van der Waals surface area (Å²) in [5.41, 5.74) is 3.78. The zero-order chi connectivity index (χ0) is 18.8. The number of benzene rings is 1. The molecule has 0 saturated carbocycles. The number of nitrogens with one attached hydrogen (secondary N) is 2. The van der Waals surface area contributed by atoms with Crippen molar-refractivity contribution < 1.29 is 14.3 Å². The number of carbonyl (C=O) groups excluding carboxylic acids is 2. The highest BCUT2D eigenvalue weighted by molar-refractivity contribution is 7.19. The van der Waals surface area contributed by atoms with Crippen LogP contribution >= 0.6 is 11.3 Å². The number of hydrogen-bond acceptors (Lipinski definition) is 5. The molecule has 2 aromatic heterocycles. The molecule has 0 fully saturated rings. The molecular weight excluding hydrogens is 350 g/mol. The van der Waals surface area contributed by atoms with Gasteiger partial charge in [-0.15, -0.1) is 0 Å². The maximum absolute atomic E-state index is 12.6. The zero-order valence-electron chi connectivity index (χ0n) is 15.0. The van der Waals surface area contributed by atoms with Crippen LogP contribution in [0.2, 0.25) is 0 Å². The Hall–Kier alpha value is -2.93. The minimum Gasteiger partial charge on any atom is -0.465 e. The van der Waals surface area contributed by atoms with Gasteiger partial charge in [0.25, 0.3) is 5.91 Å². The van der Waals surface area contributed by atoms with E-state index >= 15 is 0 Å². The topological polar surface area (TPSA) is 84.1 Å². The molecule has 0 aliphatic rings. The van der Waals surface area contributed by atoms with E-state index in [2.05, 4.69) is 15.3 Å². The predicted octanol–water partition coefficient (Wildman–Crippen LogP) is 4.10. The number of methoxy groups -OCH3 is 1. The minimum atomic E-state index is -0.466. The van der Waals surface area contributed by atoms with Gasteiger partial charge < -0.3 is 9.72 Å². The summed E-state index contributed by atoms with van der Waals surface area (Å²) < 4.78 is 4.78. The number of nitrogens with zero attached hydrogens (tertiary/aromatic N) is 1. The van der Waals surface area contributed by atoms with Crippen molar-refractivity contribution in [2.24, 2.45) is 0 Å². The molecule has 26 heavy (non-hydrogen) atoms. The zero-order valence-corrected chi connectivity index (χ0v) is 15.8. The number of thiazole rings is 1. The molecule has 0 spiro atoms. The fourth-order valence-corrected chi connectivity index (χ4v) is 3.82. The first-order valence-electron chi connectivity index (χ1n) is 8.04. The number of carbonyl (C=O) groups is 2. The first-order valence-corrected chi connectivity index (χ1v) is 8.85. The molecule has 1 aromatic carbocycles. The van der Waals surface area contributed by atoms with E-state index in [0.717, 1.165) is 16.1 Å². The van der Waals surface area contributed by atoms with Gasteiger partial charge in [-0.2, -0.15) is 0 Å². The summed E-state index contributed by atoms with van der Waals surface area (Å²) in [6, 6.07) is 9.90. The van der Waals surface area contributed by atoms with Crippen LogP contribution in [0.4, 0.5) is 5.13 Å². The Balaban J connectivity index is 1.87. The molecule has 0 atom stereocenters. The van der Waals surface area contributed by atoms with Crippen LogP contribution < -0.4 is 5.32 Å². The molecular formula is C19H19N3O3S. The van der Waals surface area contributed by atoms with Crippen LogP contribution in [0.25, 0.3) is 10.4 Å². The van der Waals surface area contributed by atoms with E-state index in [4.69, 9.17) is 4.74 Å². The smallest absolute Gasteiger partial charge is 0.339 e. The SMILES string of the molecule is COC(=O)c1c(C)[nH]c(C(=O)Nc2nc(C)c(-c3ccccc3)s2)c1C. The maximum atomic E-state index is 12.6. The third kappa shape index (κ3) is 3.25. The summed E-state index contributed by atoms with van der Waals surface area (Å²) in [6.45, 7) is 5.36. The molecule has 134 valence electrons. The summed E-state index contributed by atoms with van der Waals surface area (Å²) in [5, 5.41) is 3.32. The quantitative estimate of drug-likeness (QED) is 0.678. The van der Waals surface area contributed by atoms with Crippen molar-refractivity contribution in [2.75, 3.05) is 12.4 Å². The maximum Gasteiger partial charge on any atom is 0.339 e. The number of ether oxygens (including phenoxy) is 1. The van der Waals surface area contributed by atoms with Gasteiger partial charge in [0.2, 0.25) is 0 Å². The molecule has 0 bridgehead atoms. The fraction of sp³-hybridized carbons (Fsp3) is 0.211. The van der Waals surface area contributed by atoms with Crippen molar-refractivity contribution in [1.29, 1.82) is 0 Å². The van der Waals surface area contributed by atoms with E-state index in [-0.39, 0.29) is 5.91 Å². The molecule has 3 aromatic rings. The van der Waals surface area contributed by atoms with Crippen LogP contribution in [0, 0.1) is 20.8 Å². The Kier molecular flexibility index (Phi) is 4.90. The normalized spacial score (nSPS) is 10.6. The Labute approximate surface area is 155 Å². The van der Waals surface area contributed by atoms with Crippen molar-refractivity contribution in [3.63, 3.8) is 0 Å². The lowest BCUT2D eigenvalue weighted by atomic mass is 10.1. The highest BCUT2D eigenvalue weighted by atomic mass is 32.1. The van der Waals surface area contributed by atoms with E-state index in [1.54, 1.807) is 13.8 Å². The van der Waals surface area contributed by atoms with Crippen molar-refractivity contribution in [3.8, 4) is 10.4 Å². The van der Waals surface area contributed by atoms with Gasteiger partial charge in [0.05, 0.1) is 23.2 Å². The summed E-state index contributed by atoms with van der Waals surface area (Å²) >= 11 is 1.41. The first-order chi connectivity index (χ1) is 12.4. The van der Waals surface area contributed by atoms with Crippen LogP contribution in [0.15, 0.2) is 30.3 Å². The lowest BCUT2D eigenvalue weighted by molar-refractivity contribution is 0.0599. The van der Waals surface area contributed by atoms with Gasteiger partial charge in [0.1, 0.15) is 5.69 Å². The number of esters is 1. The average Bonchev–Trinajstić information content (AvgIpc) is 3.14. The number of aromatic amines is 1. The molecule has 1 amide bonds. The van der Waals surface area contributed by atoms with Gasteiger partial charge in [-0.05, 0) is 31.9 Å². The second-order valence-corrected chi connectivity index (χ2v) is 6.87. The van der Waals surface area contributed by atoms with Crippen LogP contribution in [-0.2, 0) is 4.74 Å². The van der Waals surface area contributed by atoms with Crippen molar-refractivity contribution in [2.45, 2.75) is 20.8 Å². The molecule has 2 N–H and O–H groups in total. The van der Waals surface area contributed by atoms with E-state index in [0.29, 0.717) is 27.6 Å². The second-order valence-electron chi connectivity index (χ2n) is 5.87. The highest BCUT2D eigenvalue weighted by Gasteiger charge is 2.23. The fourth-order valence-electron chi connectivity index (χ4n) is 2.85. The number of amides is 1. The van der Waals surface area contributed by atoms with Gasteiger partial charge >= 0.3 is 5.97 Å². The number of hydrogen-bond donors (Lipinski definition) is 2. The van der Waals surface area contributed by atoms with E-state index in [9.17, 15) is 9.59 Å². The highest BCUT2D eigenvalue weighted by Crippen LogP contribution is 2.32. The van der Waals surface area contributed by atoms with Crippen molar-refractivity contribution in [3.05, 3.63) is 58.5 Å². The average molecular weight is 369 g/mol. The lowest BCUT2D eigenvalue weighted by Gasteiger charge is -2.02. The Morgan fingerprint density at radius 2 is 1.85 bits per heavy atom. The minimum absolute atomic E-state index is 0.331. The van der Waals surface area contributed by atoms with Crippen LogP contribution in [0.1, 0.15) is 37.8 Å². The van der Waals surface area contributed by atoms with Gasteiger partial charge in [-0.3, -0.25) is 10.1 Å². The van der Waals surface area contributed by atoms with Crippen LogP contribution in [0.3, 0.4) is 0 Å². The molecule has 0 aliphatic heterocycles. The molecule has 0 radical (unpaired) electrons. The number of aromatic nitrogens is 2. The third-order valence-corrected chi connectivity index (χ3v) is 5.23. The molecule has 3 rings (SSSR count). The summed E-state index contributed by atoms with van der Waals surface area (Å²) in [6.07, 6.45) is 0. The molecule has 0 unspecified atom stereocenters. The standard InChI is InChI=1S/C19H19N3O3S/c1-10-14(18(24)25-4)11(2)20-15(10)17(23)22-19-21-12(3)16(26-19)13-8-6-5-7-9-13/h5-9,20H,1-4H3,(H,21,22,23). The molecule has 2 heterocycles. The summed E-state index contributed by atoms with van der Waals surface area (Å²) in [5.74, 6) is -0.805. The van der Waals surface area contributed by atoms with Gasteiger partial charge in [-0.25, -0.2) is 9.78 Å². The molecule has 0 saturated heterocycles. The lowest BCUT2D eigenvalue weighted by Crippen LogP contribution is -2.14. The third-order valence-electron chi connectivity index (χ3n) is 4.11. The number of anilines is 1. The largest absolute Gasteiger partial charge is 0.465 e. The molecule has 0 aliphatic carbocycles. The monoisotopic (exact) mass is 369 g/mol. The van der Waals surface area contributed by atoms with Crippen LogP contribution in [0.5, 0.6) is 0 Å². The predicted molar refractivity (Wildman–Crippen MR) is 102 cm³/mol. The number of H-pyrrole nitrogens is 1. The van der Waals surface area contributed by atoms with Gasteiger partial charge in [-0.1, -0.05) is 41.7 Å². The second kappa shape index (κ2) is 7.13.